The molecule has 1 aliphatic carbocycles. The Labute approximate surface area is 138 Å². The number of rotatable bonds is 2. The average molecular weight is 299 g/mol. The molecule has 3 aromatic rings. The highest BCUT2D eigenvalue weighted by molar-refractivity contribution is 5.91. The fourth-order valence-electron chi connectivity index (χ4n) is 3.81. The molecule has 0 amide bonds. The van der Waals surface area contributed by atoms with E-state index in [1.165, 1.54) is 33.6 Å². The molecule has 0 aliphatic heterocycles. The summed E-state index contributed by atoms with van der Waals surface area (Å²) in [5.41, 5.74) is 8.11. The zero-order valence-electron chi connectivity index (χ0n) is 13.9. The van der Waals surface area contributed by atoms with Gasteiger partial charge < -0.3 is 4.90 Å². The molecule has 0 radical (unpaired) electrons. The smallest absolute Gasteiger partial charge is 0.0491 e. The molecule has 0 bridgehead atoms. The quantitative estimate of drug-likeness (QED) is 0.581. The lowest BCUT2D eigenvalue weighted by Crippen LogP contribution is -2.15. The van der Waals surface area contributed by atoms with Crippen LogP contribution in [0.25, 0.3) is 11.1 Å². The minimum atomic E-state index is 0.0550. The average Bonchev–Trinajstić information content (AvgIpc) is 2.84. The molecule has 0 saturated heterocycles. The number of para-hydroxylation sites is 1. The van der Waals surface area contributed by atoms with Crippen LogP contribution in [-0.2, 0) is 5.41 Å². The van der Waals surface area contributed by atoms with Crippen LogP contribution in [0.1, 0.15) is 25.0 Å². The summed E-state index contributed by atoms with van der Waals surface area (Å²) in [6.07, 6.45) is 0. The number of nitrogens with zero attached hydrogens (tertiary/aromatic N) is 1. The van der Waals surface area contributed by atoms with Gasteiger partial charge in [-0.2, -0.15) is 0 Å². The Morgan fingerprint density at radius 3 is 2.13 bits per heavy atom. The van der Waals surface area contributed by atoms with Gasteiger partial charge in [0, 0.05) is 29.4 Å². The summed E-state index contributed by atoms with van der Waals surface area (Å²) in [4.78, 5) is 2.29. The minimum absolute atomic E-state index is 0.0550. The van der Waals surface area contributed by atoms with Gasteiger partial charge in [0.25, 0.3) is 0 Å². The zero-order valence-corrected chi connectivity index (χ0v) is 13.9. The van der Waals surface area contributed by atoms with Crippen LogP contribution in [0.2, 0.25) is 0 Å². The van der Waals surface area contributed by atoms with Crippen LogP contribution in [0.4, 0.5) is 11.4 Å². The van der Waals surface area contributed by atoms with Crippen molar-refractivity contribution in [3.8, 4) is 11.1 Å². The summed E-state index contributed by atoms with van der Waals surface area (Å²) >= 11 is 0. The van der Waals surface area contributed by atoms with E-state index < -0.39 is 0 Å². The van der Waals surface area contributed by atoms with E-state index in [4.69, 9.17) is 0 Å². The molecule has 0 saturated carbocycles. The van der Waals surface area contributed by atoms with Gasteiger partial charge >= 0.3 is 0 Å². The van der Waals surface area contributed by atoms with Gasteiger partial charge in [-0.05, 0) is 34.9 Å². The Morgan fingerprint density at radius 2 is 1.35 bits per heavy atom. The second kappa shape index (κ2) is 4.99. The van der Waals surface area contributed by atoms with E-state index in [9.17, 15) is 0 Å². The summed E-state index contributed by atoms with van der Waals surface area (Å²) in [5.74, 6) is 0. The van der Waals surface area contributed by atoms with E-state index in [0.717, 1.165) is 0 Å². The number of benzene rings is 3. The predicted molar refractivity (Wildman–Crippen MR) is 98.5 cm³/mol. The van der Waals surface area contributed by atoms with Gasteiger partial charge in [0.1, 0.15) is 0 Å². The highest BCUT2D eigenvalue weighted by atomic mass is 15.1. The molecule has 0 heterocycles. The van der Waals surface area contributed by atoms with Gasteiger partial charge in [0.2, 0.25) is 0 Å². The highest BCUT2D eigenvalue weighted by Gasteiger charge is 2.36. The van der Waals surface area contributed by atoms with Crippen molar-refractivity contribution in [2.24, 2.45) is 0 Å². The van der Waals surface area contributed by atoms with E-state index in [2.05, 4.69) is 98.6 Å². The second-order valence-corrected chi connectivity index (χ2v) is 6.76. The molecular weight excluding hydrogens is 278 g/mol. The summed E-state index contributed by atoms with van der Waals surface area (Å²) in [7, 11) is 2.15. The maximum atomic E-state index is 2.32. The molecule has 23 heavy (non-hydrogen) atoms. The van der Waals surface area contributed by atoms with Crippen molar-refractivity contribution in [1.82, 2.24) is 0 Å². The molecule has 3 aromatic carbocycles. The van der Waals surface area contributed by atoms with Crippen molar-refractivity contribution < 1.29 is 0 Å². The van der Waals surface area contributed by atoms with Crippen LogP contribution in [0, 0.1) is 0 Å². The van der Waals surface area contributed by atoms with E-state index in [-0.39, 0.29) is 5.41 Å². The van der Waals surface area contributed by atoms with Gasteiger partial charge in [0.05, 0.1) is 0 Å². The third-order valence-electron chi connectivity index (χ3n) is 5.09. The first-order chi connectivity index (χ1) is 11.1. The fraction of sp³-hybridized carbons (Fsp3) is 0.182. The summed E-state index contributed by atoms with van der Waals surface area (Å²) < 4.78 is 0. The molecule has 0 fully saturated rings. The first-order valence-electron chi connectivity index (χ1n) is 8.13. The minimum Gasteiger partial charge on any atom is -0.344 e. The lowest BCUT2D eigenvalue weighted by atomic mass is 9.82. The molecule has 1 nitrogen and oxygen atoms in total. The van der Waals surface area contributed by atoms with E-state index in [1.807, 2.05) is 0 Å². The van der Waals surface area contributed by atoms with Crippen molar-refractivity contribution in [3.05, 3.63) is 83.9 Å². The van der Waals surface area contributed by atoms with Crippen LogP contribution >= 0.6 is 0 Å². The monoisotopic (exact) mass is 299 g/mol. The zero-order chi connectivity index (χ0) is 16.0. The van der Waals surface area contributed by atoms with Gasteiger partial charge in [-0.25, -0.2) is 0 Å². The third kappa shape index (κ3) is 2.00. The number of hydrogen-bond acceptors (Lipinski definition) is 1. The molecule has 1 aliphatic rings. The maximum absolute atomic E-state index is 2.32. The van der Waals surface area contributed by atoms with E-state index in [1.54, 1.807) is 0 Å². The molecule has 0 spiro atoms. The summed E-state index contributed by atoms with van der Waals surface area (Å²) in [5, 5.41) is 0. The van der Waals surface area contributed by atoms with Crippen LogP contribution in [0.3, 0.4) is 0 Å². The number of anilines is 2. The summed E-state index contributed by atoms with van der Waals surface area (Å²) in [6, 6.07) is 26.0. The summed E-state index contributed by atoms with van der Waals surface area (Å²) in [6.45, 7) is 4.65. The van der Waals surface area contributed by atoms with Crippen molar-refractivity contribution in [3.63, 3.8) is 0 Å². The van der Waals surface area contributed by atoms with E-state index in [0.29, 0.717) is 0 Å². The number of fused-ring (bicyclic) bond motifs is 3. The molecule has 4 rings (SSSR count). The Bertz CT molecular complexity index is 862. The van der Waals surface area contributed by atoms with Crippen LogP contribution < -0.4 is 4.90 Å². The van der Waals surface area contributed by atoms with Gasteiger partial charge in [-0.1, -0.05) is 68.4 Å². The molecule has 0 aromatic heterocycles. The first-order valence-corrected chi connectivity index (χ1v) is 8.13. The Morgan fingerprint density at radius 1 is 0.696 bits per heavy atom. The maximum Gasteiger partial charge on any atom is 0.0491 e. The molecule has 0 unspecified atom stereocenters. The standard InChI is InChI=1S/C22H21N/c1-22(2)18-13-8-7-12-17(18)21-19(22)14-9-15-20(21)23(3)16-10-5-4-6-11-16/h4-15H,1-3H3. The molecular formula is C22H21N. The fourth-order valence-corrected chi connectivity index (χ4v) is 3.81. The van der Waals surface area contributed by atoms with Gasteiger partial charge in [-0.3, -0.25) is 0 Å². The van der Waals surface area contributed by atoms with Gasteiger partial charge in [-0.15, -0.1) is 0 Å². The lowest BCUT2D eigenvalue weighted by molar-refractivity contribution is 0.660. The first kappa shape index (κ1) is 14.1. The second-order valence-electron chi connectivity index (χ2n) is 6.76. The highest BCUT2D eigenvalue weighted by Crippen LogP contribution is 2.52. The van der Waals surface area contributed by atoms with E-state index >= 15 is 0 Å². The topological polar surface area (TPSA) is 3.24 Å². The van der Waals surface area contributed by atoms with Crippen LogP contribution in [-0.4, -0.2) is 7.05 Å². The Hall–Kier alpha value is -2.54. The van der Waals surface area contributed by atoms with Gasteiger partial charge in [0.15, 0.2) is 0 Å². The van der Waals surface area contributed by atoms with Crippen molar-refractivity contribution in [1.29, 1.82) is 0 Å². The van der Waals surface area contributed by atoms with Crippen molar-refractivity contribution >= 4 is 11.4 Å². The normalized spacial score (nSPS) is 14.2. The Balaban J connectivity index is 1.96. The molecule has 0 N–H and O–H groups in total. The van der Waals surface area contributed by atoms with Crippen LogP contribution in [0.5, 0.6) is 0 Å². The van der Waals surface area contributed by atoms with Crippen LogP contribution in [0.15, 0.2) is 72.8 Å². The molecule has 0 atom stereocenters. The van der Waals surface area contributed by atoms with Crippen molar-refractivity contribution in [2.75, 3.05) is 11.9 Å². The van der Waals surface area contributed by atoms with Crippen molar-refractivity contribution in [2.45, 2.75) is 19.3 Å². The largest absolute Gasteiger partial charge is 0.344 e. The molecule has 1 heteroatoms. The molecule has 114 valence electrons. The lowest BCUT2D eigenvalue weighted by Gasteiger charge is -2.25. The Kier molecular flexibility index (Phi) is 3.05. The predicted octanol–water partition coefficient (Wildman–Crippen LogP) is 5.76. The SMILES string of the molecule is CN(c1ccccc1)c1cccc2c1-c1ccccc1C2(C)C. The number of hydrogen-bond donors (Lipinski definition) is 0. The third-order valence-corrected chi connectivity index (χ3v) is 5.09.